The van der Waals surface area contributed by atoms with Crippen molar-refractivity contribution < 1.29 is 8.42 Å². The molecule has 0 saturated heterocycles. The number of nitrogens with zero attached hydrogens (tertiary/aromatic N) is 2. The molecule has 0 atom stereocenters. The number of anilines is 1. The number of hydrogen-bond donors (Lipinski definition) is 1. The molecule has 0 spiro atoms. The zero-order chi connectivity index (χ0) is 15.0. The lowest BCUT2D eigenvalue weighted by atomic mass is 9.94. The van der Waals surface area contributed by atoms with Crippen molar-refractivity contribution in [2.45, 2.75) is 30.2 Å². The quantitative estimate of drug-likeness (QED) is 0.942. The molecule has 112 valence electrons. The highest BCUT2D eigenvalue weighted by molar-refractivity contribution is 7.89. The Balaban J connectivity index is 2.00. The molecule has 5 nitrogen and oxygen atoms in total. The zero-order valence-electron chi connectivity index (χ0n) is 12.2. The molecule has 6 heteroatoms. The van der Waals surface area contributed by atoms with E-state index in [1.807, 2.05) is 12.1 Å². The Hall–Kier alpha value is -1.66. The summed E-state index contributed by atoms with van der Waals surface area (Å²) in [4.78, 5) is 4.74. The number of sulfonamides is 1. The highest BCUT2D eigenvalue weighted by Gasteiger charge is 2.31. The number of pyridine rings is 1. The van der Waals surface area contributed by atoms with E-state index in [1.54, 1.807) is 32.3 Å². The fourth-order valence-electron chi connectivity index (χ4n) is 2.52. The highest BCUT2D eigenvalue weighted by Crippen LogP contribution is 2.29. The number of nitrogens with one attached hydrogen (secondary N) is 1. The summed E-state index contributed by atoms with van der Waals surface area (Å²) < 4.78 is 26.8. The van der Waals surface area contributed by atoms with Crippen molar-refractivity contribution in [2.24, 2.45) is 0 Å². The molecule has 1 fully saturated rings. The van der Waals surface area contributed by atoms with Gasteiger partial charge >= 0.3 is 0 Å². The van der Waals surface area contributed by atoms with Gasteiger partial charge in [-0.25, -0.2) is 13.4 Å². The Labute approximate surface area is 125 Å². The van der Waals surface area contributed by atoms with Gasteiger partial charge in [-0.1, -0.05) is 6.42 Å². The van der Waals surface area contributed by atoms with Crippen LogP contribution in [0.2, 0.25) is 0 Å². The number of hydrogen-bond acceptors (Lipinski definition) is 4. The lowest BCUT2D eigenvalue weighted by molar-refractivity contribution is 0.249. The second-order valence-corrected chi connectivity index (χ2v) is 7.40. The molecule has 3 rings (SSSR count). The van der Waals surface area contributed by atoms with E-state index in [-0.39, 0.29) is 6.04 Å². The van der Waals surface area contributed by atoms with E-state index >= 15 is 0 Å². The van der Waals surface area contributed by atoms with E-state index in [0.717, 1.165) is 36.0 Å². The Morgan fingerprint density at radius 3 is 2.62 bits per heavy atom. The Morgan fingerprint density at radius 1 is 1.24 bits per heavy atom. The second-order valence-electron chi connectivity index (χ2n) is 5.41. The van der Waals surface area contributed by atoms with Crippen molar-refractivity contribution in [3.63, 3.8) is 0 Å². The smallest absolute Gasteiger partial charge is 0.243 e. The molecule has 1 aromatic carbocycles. The van der Waals surface area contributed by atoms with E-state index in [4.69, 9.17) is 0 Å². The summed E-state index contributed by atoms with van der Waals surface area (Å²) in [5.74, 6) is 0.768. The van der Waals surface area contributed by atoms with Crippen LogP contribution in [0.15, 0.2) is 35.2 Å². The molecule has 1 aromatic heterocycles. The summed E-state index contributed by atoms with van der Waals surface area (Å²) in [6.07, 6.45) is 3.02. The summed E-state index contributed by atoms with van der Waals surface area (Å²) in [6.45, 7) is 0. The molecule has 1 N–H and O–H groups in total. The molecule has 1 aliphatic rings. The van der Waals surface area contributed by atoms with Gasteiger partial charge in [0.15, 0.2) is 0 Å². The molecule has 0 bridgehead atoms. The van der Waals surface area contributed by atoms with Gasteiger partial charge in [0.1, 0.15) is 5.82 Å². The average molecular weight is 305 g/mol. The van der Waals surface area contributed by atoms with Crippen molar-refractivity contribution >= 4 is 26.7 Å². The van der Waals surface area contributed by atoms with Crippen LogP contribution in [0.25, 0.3) is 10.9 Å². The third kappa shape index (κ3) is 2.49. The number of fused-ring (bicyclic) bond motifs is 1. The van der Waals surface area contributed by atoms with Gasteiger partial charge in [-0.15, -0.1) is 0 Å². The highest BCUT2D eigenvalue weighted by atomic mass is 32.2. The van der Waals surface area contributed by atoms with Gasteiger partial charge in [0, 0.05) is 25.5 Å². The number of aromatic nitrogens is 1. The van der Waals surface area contributed by atoms with Gasteiger partial charge in [0.2, 0.25) is 10.0 Å². The molecule has 1 heterocycles. The van der Waals surface area contributed by atoms with Crippen LogP contribution in [0.3, 0.4) is 0 Å². The van der Waals surface area contributed by atoms with Crippen LogP contribution in [0.1, 0.15) is 19.3 Å². The van der Waals surface area contributed by atoms with Crippen molar-refractivity contribution in [3.05, 3.63) is 30.3 Å². The zero-order valence-corrected chi connectivity index (χ0v) is 13.0. The number of benzene rings is 1. The van der Waals surface area contributed by atoms with Gasteiger partial charge in [-0.2, -0.15) is 4.31 Å². The first-order valence-corrected chi connectivity index (χ1v) is 8.53. The lowest BCUT2D eigenvalue weighted by Crippen LogP contribution is -2.41. The third-order valence-corrected chi connectivity index (χ3v) is 6.09. The first kappa shape index (κ1) is 14.3. The normalized spacial score (nSPS) is 16.1. The fraction of sp³-hybridized carbons (Fsp3) is 0.400. The first-order chi connectivity index (χ1) is 10.0. The molecular weight excluding hydrogens is 286 g/mol. The summed E-state index contributed by atoms with van der Waals surface area (Å²) in [6, 6.07) is 8.98. The van der Waals surface area contributed by atoms with E-state index in [1.165, 1.54) is 4.31 Å². The van der Waals surface area contributed by atoms with Crippen LogP contribution in [-0.2, 0) is 10.0 Å². The molecular formula is C15H19N3O2S. The summed E-state index contributed by atoms with van der Waals surface area (Å²) in [5.41, 5.74) is 0.784. The minimum atomic E-state index is -3.42. The largest absolute Gasteiger partial charge is 0.373 e. The van der Waals surface area contributed by atoms with E-state index < -0.39 is 10.0 Å². The van der Waals surface area contributed by atoms with Gasteiger partial charge in [0.25, 0.3) is 0 Å². The molecule has 0 aliphatic heterocycles. The maximum Gasteiger partial charge on any atom is 0.243 e. The molecule has 0 amide bonds. The van der Waals surface area contributed by atoms with Crippen molar-refractivity contribution in [1.29, 1.82) is 0 Å². The topological polar surface area (TPSA) is 62.3 Å². The van der Waals surface area contributed by atoms with Gasteiger partial charge in [-0.3, -0.25) is 0 Å². The lowest BCUT2D eigenvalue weighted by Gasteiger charge is -2.33. The molecule has 0 unspecified atom stereocenters. The minimum Gasteiger partial charge on any atom is -0.373 e. The molecule has 1 aliphatic carbocycles. The SMILES string of the molecule is CNc1ccc2cc(S(=O)(=O)N(C)C3CCC3)ccc2n1. The van der Waals surface area contributed by atoms with E-state index in [9.17, 15) is 8.42 Å². The standard InChI is InChI=1S/C15H19N3O2S/c1-16-15-9-6-11-10-13(7-8-14(11)17-15)21(19,20)18(2)12-4-3-5-12/h6-10,12H,3-5H2,1-2H3,(H,16,17). The molecule has 21 heavy (non-hydrogen) atoms. The Kier molecular flexibility index (Phi) is 3.59. The Bertz CT molecular complexity index is 770. The average Bonchev–Trinajstić information content (AvgIpc) is 2.44. The van der Waals surface area contributed by atoms with Crippen LogP contribution in [0, 0.1) is 0 Å². The van der Waals surface area contributed by atoms with E-state index in [0.29, 0.717) is 4.90 Å². The molecule has 0 radical (unpaired) electrons. The summed E-state index contributed by atoms with van der Waals surface area (Å²) in [7, 11) is 0.0622. The fourth-order valence-corrected chi connectivity index (χ4v) is 3.97. The van der Waals surface area contributed by atoms with E-state index in [2.05, 4.69) is 10.3 Å². The van der Waals surface area contributed by atoms with Crippen LogP contribution in [-0.4, -0.2) is 37.8 Å². The maximum absolute atomic E-state index is 12.6. The third-order valence-electron chi connectivity index (χ3n) is 4.18. The van der Waals surface area contributed by atoms with Gasteiger partial charge < -0.3 is 5.32 Å². The second kappa shape index (κ2) is 5.27. The van der Waals surface area contributed by atoms with Crippen molar-refractivity contribution in [3.8, 4) is 0 Å². The van der Waals surface area contributed by atoms with Gasteiger partial charge in [-0.05, 0) is 43.2 Å². The summed E-state index contributed by atoms with van der Waals surface area (Å²) in [5, 5.41) is 3.81. The first-order valence-electron chi connectivity index (χ1n) is 7.09. The summed E-state index contributed by atoms with van der Waals surface area (Å²) >= 11 is 0. The predicted molar refractivity (Wildman–Crippen MR) is 83.9 cm³/mol. The van der Waals surface area contributed by atoms with Crippen LogP contribution in [0.4, 0.5) is 5.82 Å². The van der Waals surface area contributed by atoms with Crippen molar-refractivity contribution in [1.82, 2.24) is 9.29 Å². The predicted octanol–water partition coefficient (Wildman–Crippen LogP) is 2.45. The van der Waals surface area contributed by atoms with Crippen LogP contribution in [0.5, 0.6) is 0 Å². The Morgan fingerprint density at radius 2 is 2.00 bits per heavy atom. The minimum absolute atomic E-state index is 0.149. The maximum atomic E-state index is 12.6. The number of rotatable bonds is 4. The molecule has 1 saturated carbocycles. The van der Waals surface area contributed by atoms with Crippen molar-refractivity contribution in [2.75, 3.05) is 19.4 Å². The van der Waals surface area contributed by atoms with Crippen LogP contribution < -0.4 is 5.32 Å². The van der Waals surface area contributed by atoms with Crippen LogP contribution >= 0.6 is 0 Å². The monoisotopic (exact) mass is 305 g/mol. The molecule has 2 aromatic rings. The van der Waals surface area contributed by atoms with Gasteiger partial charge in [0.05, 0.1) is 10.4 Å².